The lowest BCUT2D eigenvalue weighted by Gasteiger charge is -2.74. The van der Waals surface area contributed by atoms with E-state index in [0.717, 1.165) is 44.5 Å². The lowest BCUT2D eigenvalue weighted by molar-refractivity contribution is -0.341. The van der Waals surface area contributed by atoms with Gasteiger partial charge in [0.2, 0.25) is 5.91 Å². The topological polar surface area (TPSA) is 247 Å². The fraction of sp³-hybridized carbons (Fsp3) is 0.860. The van der Waals surface area contributed by atoms with Crippen LogP contribution < -0.4 is 10.6 Å². The van der Waals surface area contributed by atoms with E-state index in [9.17, 15) is 45.3 Å². The first-order valence-electron chi connectivity index (χ1n) is 24.9. The van der Waals surface area contributed by atoms with Crippen molar-refractivity contribution in [2.45, 2.75) is 167 Å². The van der Waals surface area contributed by atoms with Gasteiger partial charge in [-0.05, 0) is 134 Å². The summed E-state index contributed by atoms with van der Waals surface area (Å²) in [5.74, 6) is -1.88. The van der Waals surface area contributed by atoms with Gasteiger partial charge in [0.05, 0.1) is 37.2 Å². The summed E-state index contributed by atoms with van der Waals surface area (Å²) >= 11 is 0. The van der Waals surface area contributed by atoms with Gasteiger partial charge in [0, 0.05) is 41.8 Å². The number of aliphatic hydroxyl groups is 6. The maximum atomic E-state index is 13.9. The summed E-state index contributed by atoms with van der Waals surface area (Å²) in [6.07, 6.45) is 5.43. The number of carboxylic acid groups (broad SMARTS) is 1. The van der Waals surface area contributed by atoms with Gasteiger partial charge in [-0.1, -0.05) is 59.6 Å². The second-order valence-electron chi connectivity index (χ2n) is 23.7. The normalized spacial score (nSPS) is 50.6. The SMILES string of the molecule is CC[C@H]1C[C@@]2(C(=O)O)CC[C@](C)(CO)C[C@H]2C2=CC[C@@H]3[C@]4(C)[C@H](CC[C@@]3(C)[C@@]21C)[C@](C)(CO)[C@H](O[C@@H]1OC[C@@H](O)[C@H](O)[C@H]1O)[C@H](O)[C@@H]4C[C@H]1CC(=O)N[C@@H]1C1(c2cnc[nH]2)CCNCC1. The first-order chi connectivity index (χ1) is 30.7. The molecule has 65 heavy (non-hydrogen) atoms. The molecule has 3 saturated heterocycles. The highest BCUT2D eigenvalue weighted by Gasteiger charge is 2.75. The number of allylic oxidation sites excluding steroid dienone is 2. The van der Waals surface area contributed by atoms with Crippen LogP contribution in [0.15, 0.2) is 24.2 Å². The number of carboxylic acids is 1. The van der Waals surface area contributed by atoms with E-state index in [2.05, 4.69) is 61.3 Å². The molecule has 5 aliphatic carbocycles. The second kappa shape index (κ2) is 16.6. The molecule has 0 spiro atoms. The zero-order valence-electron chi connectivity index (χ0n) is 39.5. The third-order valence-corrected chi connectivity index (χ3v) is 21.2. The summed E-state index contributed by atoms with van der Waals surface area (Å²) in [6.45, 7) is 14.3. The van der Waals surface area contributed by atoms with Crippen LogP contribution in [0.5, 0.6) is 0 Å². The molecule has 3 aliphatic heterocycles. The third-order valence-electron chi connectivity index (χ3n) is 21.2. The number of piperidine rings is 1. The molecule has 1 aromatic heterocycles. The van der Waals surface area contributed by atoms with E-state index in [0.29, 0.717) is 44.9 Å². The Kier molecular flexibility index (Phi) is 12.2. The minimum Gasteiger partial charge on any atom is -0.481 e. The molecular formula is C50H78N4O11. The number of aliphatic hydroxyl groups excluding tert-OH is 6. The molecule has 19 atom stereocenters. The number of rotatable bonds is 10. The van der Waals surface area contributed by atoms with Crippen molar-refractivity contribution in [2.24, 2.45) is 68.0 Å². The molecule has 4 heterocycles. The Morgan fingerprint density at radius 2 is 1.68 bits per heavy atom. The smallest absolute Gasteiger partial charge is 0.310 e. The van der Waals surface area contributed by atoms with Crippen LogP contribution in [0.25, 0.3) is 0 Å². The summed E-state index contributed by atoms with van der Waals surface area (Å²) < 4.78 is 12.5. The lowest BCUT2D eigenvalue weighted by atomic mass is 9.30. The van der Waals surface area contributed by atoms with Crippen LogP contribution in [0, 0.1) is 68.0 Å². The van der Waals surface area contributed by atoms with E-state index in [4.69, 9.17) is 9.47 Å². The van der Waals surface area contributed by atoms with E-state index < -0.39 is 81.2 Å². The molecule has 0 unspecified atom stereocenters. The Balaban J connectivity index is 1.18. The lowest BCUT2D eigenvalue weighted by Crippen LogP contribution is -2.73. The van der Waals surface area contributed by atoms with Crippen molar-refractivity contribution in [3.63, 3.8) is 0 Å². The Morgan fingerprint density at radius 1 is 0.938 bits per heavy atom. The fourth-order valence-electron chi connectivity index (χ4n) is 17.4. The van der Waals surface area contributed by atoms with E-state index in [1.165, 1.54) is 5.57 Å². The minimum atomic E-state index is -1.60. The quantitative estimate of drug-likeness (QED) is 0.120. The standard InChI is InChI=1S/C50H78N4O11/c1-7-28-20-50(43(62)63)13-12-44(2,24-55)21-31(50)29-8-9-34-46(4,48(28,29)6)11-10-33-45(3,25-56)41(65-42-39(61)38(60)32(57)23-64-42)37(59)30(47(33,34)5)18-27-19-36(58)54-40(27)49(14-16-51-17-15-49)35-22-52-26-53-35/h8,22,26-28,30-34,37-42,51,55-57,59-61H,7,9-21,23-25H2,1-6H3,(H,52,53)(H,54,58)(H,62,63)/t27-,28-,30-,31-,32+,33+,34-,37+,38-,39+,40-,41+,42-,44-,45-,46+,47-,48+,50-/m0/s1. The Labute approximate surface area is 383 Å². The summed E-state index contributed by atoms with van der Waals surface area (Å²) in [6, 6.07) is -0.262. The van der Waals surface area contributed by atoms with Gasteiger partial charge in [-0.15, -0.1) is 0 Å². The molecule has 15 nitrogen and oxygen atoms in total. The molecule has 4 saturated carbocycles. The summed E-state index contributed by atoms with van der Waals surface area (Å²) in [4.78, 5) is 35.3. The van der Waals surface area contributed by atoms with Gasteiger partial charge in [-0.3, -0.25) is 9.59 Å². The van der Waals surface area contributed by atoms with Gasteiger partial charge < -0.3 is 60.8 Å². The maximum absolute atomic E-state index is 13.9. The molecule has 7 fully saturated rings. The predicted molar refractivity (Wildman–Crippen MR) is 239 cm³/mol. The number of imidazole rings is 1. The van der Waals surface area contributed by atoms with Crippen molar-refractivity contribution < 1.29 is 54.8 Å². The Hall–Kier alpha value is -2.47. The maximum Gasteiger partial charge on any atom is 0.310 e. The molecule has 1 amide bonds. The van der Waals surface area contributed by atoms with E-state index in [1.807, 2.05) is 13.1 Å². The fourth-order valence-corrected chi connectivity index (χ4v) is 17.4. The van der Waals surface area contributed by atoms with Gasteiger partial charge in [-0.25, -0.2) is 4.98 Å². The molecule has 364 valence electrons. The van der Waals surface area contributed by atoms with Crippen LogP contribution >= 0.6 is 0 Å². The average Bonchev–Trinajstić information content (AvgIpc) is 3.98. The van der Waals surface area contributed by atoms with Crippen molar-refractivity contribution in [3.8, 4) is 0 Å². The molecule has 0 bridgehead atoms. The first-order valence-corrected chi connectivity index (χ1v) is 24.9. The number of nitrogens with one attached hydrogen (secondary N) is 3. The molecular weight excluding hydrogens is 833 g/mol. The molecule has 1 aromatic rings. The van der Waals surface area contributed by atoms with Crippen LogP contribution in [0.4, 0.5) is 0 Å². The van der Waals surface area contributed by atoms with Gasteiger partial charge in [0.1, 0.15) is 18.3 Å². The molecule has 0 radical (unpaired) electrons. The number of hydrogen-bond donors (Lipinski definition) is 10. The number of amides is 1. The minimum absolute atomic E-state index is 0.00273. The van der Waals surface area contributed by atoms with Crippen LogP contribution in [0.1, 0.15) is 124 Å². The average molecular weight is 911 g/mol. The summed E-state index contributed by atoms with van der Waals surface area (Å²) in [7, 11) is 0. The highest BCUT2D eigenvalue weighted by Crippen LogP contribution is 2.78. The van der Waals surface area contributed by atoms with E-state index in [-0.39, 0.29) is 73.2 Å². The third kappa shape index (κ3) is 6.69. The Bertz CT molecular complexity index is 1980. The van der Waals surface area contributed by atoms with E-state index in [1.54, 1.807) is 6.33 Å². The molecule has 10 N–H and O–H groups in total. The number of hydrogen-bond acceptors (Lipinski definition) is 12. The molecule has 9 rings (SSSR count). The monoisotopic (exact) mass is 911 g/mol. The number of carbonyl (C=O) groups excluding carboxylic acids is 1. The van der Waals surface area contributed by atoms with Crippen molar-refractivity contribution in [2.75, 3.05) is 32.9 Å². The van der Waals surface area contributed by atoms with Crippen molar-refractivity contribution in [1.29, 1.82) is 0 Å². The van der Waals surface area contributed by atoms with Gasteiger partial charge in [0.15, 0.2) is 6.29 Å². The van der Waals surface area contributed by atoms with Gasteiger partial charge >= 0.3 is 5.97 Å². The predicted octanol–water partition coefficient (Wildman–Crippen LogP) is 3.41. The van der Waals surface area contributed by atoms with Crippen LogP contribution in [-0.2, 0) is 24.5 Å². The van der Waals surface area contributed by atoms with Crippen molar-refractivity contribution in [1.82, 2.24) is 20.6 Å². The highest BCUT2D eigenvalue weighted by atomic mass is 16.7. The van der Waals surface area contributed by atoms with Gasteiger partial charge in [-0.2, -0.15) is 0 Å². The summed E-state index contributed by atoms with van der Waals surface area (Å²) in [5.41, 5.74) is -2.05. The van der Waals surface area contributed by atoms with E-state index >= 15 is 0 Å². The number of aromatic nitrogens is 2. The first kappa shape index (κ1) is 47.6. The zero-order valence-corrected chi connectivity index (χ0v) is 39.5. The molecule has 8 aliphatic rings. The Morgan fingerprint density at radius 3 is 2.32 bits per heavy atom. The van der Waals surface area contributed by atoms with Crippen molar-refractivity contribution in [3.05, 3.63) is 29.9 Å². The number of carbonyl (C=O) groups is 2. The number of H-pyrrole nitrogens is 1. The number of ether oxygens (including phenoxy) is 2. The molecule has 15 heteroatoms. The zero-order chi connectivity index (χ0) is 46.7. The number of fused-ring (bicyclic) bond motifs is 7. The van der Waals surface area contributed by atoms with Crippen LogP contribution in [0.2, 0.25) is 0 Å². The van der Waals surface area contributed by atoms with Crippen LogP contribution in [0.3, 0.4) is 0 Å². The number of nitrogens with zero attached hydrogens (tertiary/aromatic N) is 1. The van der Waals surface area contributed by atoms with Crippen LogP contribution in [-0.4, -0.2) is 133 Å². The summed E-state index contributed by atoms with van der Waals surface area (Å²) in [5, 5.41) is 86.3. The number of aromatic amines is 1. The second-order valence-corrected chi connectivity index (χ2v) is 23.7. The van der Waals surface area contributed by atoms with Crippen molar-refractivity contribution >= 4 is 11.9 Å². The highest BCUT2D eigenvalue weighted by molar-refractivity contribution is 5.79. The number of aliphatic carboxylic acids is 1. The molecule has 0 aromatic carbocycles. The largest absolute Gasteiger partial charge is 0.481 e. The van der Waals surface area contributed by atoms with Gasteiger partial charge in [0.25, 0.3) is 0 Å².